The van der Waals surface area contributed by atoms with Crippen molar-refractivity contribution in [1.29, 1.82) is 5.26 Å². The Morgan fingerprint density at radius 1 is 1.03 bits per heavy atom. The number of hydrogen-bond donors (Lipinski definition) is 2. The maximum Gasteiger partial charge on any atom is 0.266 e. The Morgan fingerprint density at radius 3 is 2.45 bits per heavy atom. The van der Waals surface area contributed by atoms with Gasteiger partial charge >= 0.3 is 0 Å². The van der Waals surface area contributed by atoms with Gasteiger partial charge in [0.1, 0.15) is 23.2 Å². The summed E-state index contributed by atoms with van der Waals surface area (Å²) in [7, 11) is 0. The van der Waals surface area contributed by atoms with Crippen LogP contribution in [0.2, 0.25) is 0 Å². The normalized spacial score (nSPS) is 10.8. The van der Waals surface area contributed by atoms with Crippen molar-refractivity contribution in [3.63, 3.8) is 0 Å². The van der Waals surface area contributed by atoms with Crippen molar-refractivity contribution < 1.29 is 18.7 Å². The standard InChI is InChI=1S/C26H22FN3O3/c1-17-7-12-23(18(2)13-17)30-26(32)20(15-28)14-19-5-3-4-6-24(19)33-16-25(31)29-22-10-8-21(27)9-11-22/h3-14H,16H2,1-2H3,(H,29,31)(H,30,32). The number of nitrogens with zero attached hydrogens (tertiary/aromatic N) is 1. The fraction of sp³-hybridized carbons (Fsp3) is 0.115. The Morgan fingerprint density at radius 2 is 1.76 bits per heavy atom. The molecule has 2 amide bonds. The average Bonchev–Trinajstić information content (AvgIpc) is 2.80. The molecular weight excluding hydrogens is 421 g/mol. The number of carbonyl (C=O) groups excluding carboxylic acids is 2. The van der Waals surface area contributed by atoms with Crippen LogP contribution < -0.4 is 15.4 Å². The van der Waals surface area contributed by atoms with Crippen LogP contribution in [0.4, 0.5) is 15.8 Å². The van der Waals surface area contributed by atoms with Crippen molar-refractivity contribution in [2.75, 3.05) is 17.2 Å². The van der Waals surface area contributed by atoms with Crippen molar-refractivity contribution in [1.82, 2.24) is 0 Å². The van der Waals surface area contributed by atoms with Crippen molar-refractivity contribution in [2.45, 2.75) is 13.8 Å². The van der Waals surface area contributed by atoms with Crippen LogP contribution in [0.15, 0.2) is 72.3 Å². The van der Waals surface area contributed by atoms with Crippen LogP contribution in [0.25, 0.3) is 6.08 Å². The zero-order chi connectivity index (χ0) is 23.8. The van der Waals surface area contributed by atoms with E-state index >= 15 is 0 Å². The van der Waals surface area contributed by atoms with Crippen LogP contribution in [0.1, 0.15) is 16.7 Å². The summed E-state index contributed by atoms with van der Waals surface area (Å²) in [5.74, 6) is -1.06. The van der Waals surface area contributed by atoms with Crippen molar-refractivity contribution in [2.24, 2.45) is 0 Å². The second-order valence-corrected chi connectivity index (χ2v) is 7.32. The lowest BCUT2D eigenvalue weighted by Crippen LogP contribution is -2.20. The van der Waals surface area contributed by atoms with E-state index < -0.39 is 17.6 Å². The van der Waals surface area contributed by atoms with Gasteiger partial charge in [-0.25, -0.2) is 4.39 Å². The first kappa shape index (κ1) is 23.2. The number of anilines is 2. The number of hydrogen-bond acceptors (Lipinski definition) is 4. The quantitative estimate of drug-likeness (QED) is 0.397. The molecule has 0 aliphatic rings. The number of amides is 2. The predicted molar refractivity (Wildman–Crippen MR) is 125 cm³/mol. The van der Waals surface area contributed by atoms with E-state index in [9.17, 15) is 19.2 Å². The van der Waals surface area contributed by atoms with Gasteiger partial charge in [0.25, 0.3) is 11.8 Å². The van der Waals surface area contributed by atoms with E-state index in [2.05, 4.69) is 10.6 Å². The van der Waals surface area contributed by atoms with E-state index in [0.29, 0.717) is 22.7 Å². The molecule has 3 aromatic rings. The molecule has 0 saturated heterocycles. The van der Waals surface area contributed by atoms with Gasteiger partial charge in [0.05, 0.1) is 0 Å². The third-order valence-electron chi connectivity index (χ3n) is 4.70. The Balaban J connectivity index is 1.70. The van der Waals surface area contributed by atoms with Crippen LogP contribution in [-0.2, 0) is 9.59 Å². The third kappa shape index (κ3) is 6.52. The third-order valence-corrected chi connectivity index (χ3v) is 4.70. The molecule has 3 aromatic carbocycles. The number of halogens is 1. The zero-order valence-electron chi connectivity index (χ0n) is 18.2. The number of aryl methyl sites for hydroxylation is 2. The molecule has 0 radical (unpaired) electrons. The maximum atomic E-state index is 13.0. The molecular formula is C26H22FN3O3. The van der Waals surface area contributed by atoms with Gasteiger partial charge in [-0.15, -0.1) is 0 Å². The highest BCUT2D eigenvalue weighted by Gasteiger charge is 2.13. The minimum absolute atomic E-state index is 0.109. The number of rotatable bonds is 7. The number of nitrogens with one attached hydrogen (secondary N) is 2. The Bertz CT molecular complexity index is 1240. The molecule has 0 fully saturated rings. The first-order valence-corrected chi connectivity index (χ1v) is 10.1. The zero-order valence-corrected chi connectivity index (χ0v) is 18.2. The summed E-state index contributed by atoms with van der Waals surface area (Å²) >= 11 is 0. The molecule has 0 unspecified atom stereocenters. The van der Waals surface area contributed by atoms with Gasteiger partial charge in [0.2, 0.25) is 0 Å². The highest BCUT2D eigenvalue weighted by Crippen LogP contribution is 2.22. The Kier molecular flexibility index (Phi) is 7.55. The highest BCUT2D eigenvalue weighted by molar-refractivity contribution is 6.10. The minimum Gasteiger partial charge on any atom is -0.483 e. The number of carbonyl (C=O) groups is 2. The molecule has 0 bridgehead atoms. The first-order valence-electron chi connectivity index (χ1n) is 10.1. The molecule has 0 aliphatic heterocycles. The lowest BCUT2D eigenvalue weighted by Gasteiger charge is -2.11. The van der Waals surface area contributed by atoms with E-state index in [1.165, 1.54) is 30.3 Å². The Hall–Kier alpha value is -4.44. The Labute approximate surface area is 191 Å². The average molecular weight is 443 g/mol. The molecule has 0 atom stereocenters. The van der Waals surface area contributed by atoms with Crippen LogP contribution in [0, 0.1) is 31.0 Å². The smallest absolute Gasteiger partial charge is 0.266 e. The number of ether oxygens (including phenoxy) is 1. The molecule has 0 aliphatic carbocycles. The van der Waals surface area contributed by atoms with Gasteiger partial charge in [-0.3, -0.25) is 9.59 Å². The van der Waals surface area contributed by atoms with Crippen molar-refractivity contribution in [3.05, 3.63) is 94.8 Å². The predicted octanol–water partition coefficient (Wildman–Crippen LogP) is 5.01. The summed E-state index contributed by atoms with van der Waals surface area (Å²) < 4.78 is 18.6. The fourth-order valence-electron chi connectivity index (χ4n) is 3.05. The second-order valence-electron chi connectivity index (χ2n) is 7.32. The summed E-state index contributed by atoms with van der Waals surface area (Å²) in [5, 5.41) is 14.9. The molecule has 6 nitrogen and oxygen atoms in total. The van der Waals surface area contributed by atoms with Crippen molar-refractivity contribution >= 4 is 29.3 Å². The van der Waals surface area contributed by atoms with Crippen LogP contribution >= 0.6 is 0 Å². The number of benzene rings is 3. The van der Waals surface area contributed by atoms with E-state index in [-0.39, 0.29) is 12.2 Å². The summed E-state index contributed by atoms with van der Waals surface area (Å²) in [6.45, 7) is 3.52. The van der Waals surface area contributed by atoms with Gasteiger partial charge in [-0.2, -0.15) is 5.26 Å². The molecule has 2 N–H and O–H groups in total. The molecule has 0 spiro atoms. The SMILES string of the molecule is Cc1ccc(NC(=O)C(C#N)=Cc2ccccc2OCC(=O)Nc2ccc(F)cc2)c(C)c1. The van der Waals surface area contributed by atoms with E-state index in [1.54, 1.807) is 30.3 Å². The fourth-order valence-corrected chi connectivity index (χ4v) is 3.05. The van der Waals surface area contributed by atoms with Gasteiger partial charge < -0.3 is 15.4 Å². The van der Waals surface area contributed by atoms with Gasteiger partial charge in [0, 0.05) is 16.9 Å². The molecule has 3 rings (SSSR count). The molecule has 0 saturated carbocycles. The van der Waals surface area contributed by atoms with Gasteiger partial charge in [-0.1, -0.05) is 35.9 Å². The first-order chi connectivity index (χ1) is 15.9. The number of nitriles is 1. The summed E-state index contributed by atoms with van der Waals surface area (Å²) in [5.41, 5.74) is 3.37. The molecule has 0 heterocycles. The summed E-state index contributed by atoms with van der Waals surface area (Å²) in [6.07, 6.45) is 1.41. The summed E-state index contributed by atoms with van der Waals surface area (Å²) in [4.78, 5) is 24.8. The number of para-hydroxylation sites is 1. The topological polar surface area (TPSA) is 91.2 Å². The molecule has 7 heteroatoms. The second kappa shape index (κ2) is 10.7. The van der Waals surface area contributed by atoms with Crippen LogP contribution in [-0.4, -0.2) is 18.4 Å². The lowest BCUT2D eigenvalue weighted by molar-refractivity contribution is -0.118. The molecule has 166 valence electrons. The lowest BCUT2D eigenvalue weighted by atomic mass is 10.1. The van der Waals surface area contributed by atoms with Crippen LogP contribution in [0.3, 0.4) is 0 Å². The van der Waals surface area contributed by atoms with Crippen molar-refractivity contribution in [3.8, 4) is 11.8 Å². The minimum atomic E-state index is -0.548. The molecule has 0 aromatic heterocycles. The summed E-state index contributed by atoms with van der Waals surface area (Å²) in [6, 6.07) is 19.6. The monoisotopic (exact) mass is 443 g/mol. The van der Waals surface area contributed by atoms with E-state index in [1.807, 2.05) is 32.0 Å². The van der Waals surface area contributed by atoms with E-state index in [4.69, 9.17) is 4.74 Å². The van der Waals surface area contributed by atoms with E-state index in [0.717, 1.165) is 11.1 Å². The maximum absolute atomic E-state index is 13.0. The largest absolute Gasteiger partial charge is 0.483 e. The molecule has 33 heavy (non-hydrogen) atoms. The highest BCUT2D eigenvalue weighted by atomic mass is 19.1. The van der Waals surface area contributed by atoms with Gasteiger partial charge in [0.15, 0.2) is 6.61 Å². The van der Waals surface area contributed by atoms with Crippen LogP contribution in [0.5, 0.6) is 5.75 Å². The van der Waals surface area contributed by atoms with Gasteiger partial charge in [-0.05, 0) is 61.9 Å².